The third-order valence-corrected chi connectivity index (χ3v) is 8.10. The van der Waals surface area contributed by atoms with Crippen LogP contribution in [0.15, 0.2) is 71.6 Å². The number of benzene rings is 3. The van der Waals surface area contributed by atoms with Crippen LogP contribution in [0.5, 0.6) is 23.0 Å². The van der Waals surface area contributed by atoms with Gasteiger partial charge < -0.3 is 14.2 Å². The summed E-state index contributed by atoms with van der Waals surface area (Å²) < 4.78 is 41.5. The van der Waals surface area contributed by atoms with E-state index in [1.54, 1.807) is 24.3 Å². The zero-order chi connectivity index (χ0) is 27.8. The fourth-order valence-electron chi connectivity index (χ4n) is 4.01. The number of hydrogen-bond donors (Lipinski definition) is 1. The van der Waals surface area contributed by atoms with Gasteiger partial charge >= 0.3 is 0 Å². The van der Waals surface area contributed by atoms with Crippen molar-refractivity contribution in [2.45, 2.75) is 42.8 Å². The number of unbranched alkanes of at least 4 members (excludes halogenated alkanes) is 1. The fraction of sp³-hybridized carbons (Fsp3) is 0.310. The standard InChI is InChI=1S/C29H31NO7S2/c1-3-7-20-19-25(39(2,33)34)14-15-26(20)37-23-12-10-22(11-13-23)35-16-4-5-17-36-24-9-6-8-21(18-24)27-28(31)30-29(32)38-27/h6,8-15,18-19,27H,3-5,7,16-17H2,1-2H3,(H,30,31,32). The SMILES string of the molecule is CCCc1cc(S(C)(=O)=O)ccc1Oc1ccc(OCCCCOc2cccc(C3SC(=O)NC3=O)c2)cc1. The highest BCUT2D eigenvalue weighted by atomic mass is 32.2. The van der Waals surface area contributed by atoms with Crippen molar-refractivity contribution in [2.24, 2.45) is 0 Å². The summed E-state index contributed by atoms with van der Waals surface area (Å²) in [6.45, 7) is 3.06. The molecule has 1 fully saturated rings. The number of amides is 2. The molecule has 2 amide bonds. The molecule has 0 radical (unpaired) electrons. The van der Waals surface area contributed by atoms with Gasteiger partial charge in [-0.3, -0.25) is 14.9 Å². The molecule has 0 bridgehead atoms. The van der Waals surface area contributed by atoms with Gasteiger partial charge in [0, 0.05) is 6.26 Å². The molecule has 10 heteroatoms. The molecule has 4 rings (SSSR count). The van der Waals surface area contributed by atoms with Crippen LogP contribution in [0.2, 0.25) is 0 Å². The first kappa shape index (κ1) is 28.5. The predicted molar refractivity (Wildman–Crippen MR) is 151 cm³/mol. The number of sulfone groups is 1. The van der Waals surface area contributed by atoms with Crippen molar-refractivity contribution >= 4 is 32.7 Å². The molecule has 8 nitrogen and oxygen atoms in total. The number of rotatable bonds is 13. The van der Waals surface area contributed by atoms with Gasteiger partial charge in [0.05, 0.1) is 18.1 Å². The Hall–Kier alpha value is -3.50. The van der Waals surface area contributed by atoms with Crippen molar-refractivity contribution < 1.29 is 32.2 Å². The van der Waals surface area contributed by atoms with Gasteiger partial charge in [0.1, 0.15) is 28.2 Å². The largest absolute Gasteiger partial charge is 0.494 e. The van der Waals surface area contributed by atoms with Gasteiger partial charge in [0.2, 0.25) is 5.91 Å². The minimum absolute atomic E-state index is 0.288. The maximum absolute atomic E-state index is 11.9. The molecule has 1 unspecified atom stereocenters. The van der Waals surface area contributed by atoms with Crippen LogP contribution in [0.3, 0.4) is 0 Å². The molecule has 206 valence electrons. The van der Waals surface area contributed by atoms with Gasteiger partial charge in [0.15, 0.2) is 9.84 Å². The number of thioether (sulfide) groups is 1. The topological polar surface area (TPSA) is 108 Å². The first-order valence-corrected chi connectivity index (χ1v) is 15.5. The van der Waals surface area contributed by atoms with E-state index >= 15 is 0 Å². The Balaban J connectivity index is 1.21. The Bertz CT molecular complexity index is 1420. The second-order valence-corrected chi connectivity index (χ2v) is 12.2. The van der Waals surface area contributed by atoms with E-state index in [9.17, 15) is 18.0 Å². The zero-order valence-corrected chi connectivity index (χ0v) is 23.5. The summed E-state index contributed by atoms with van der Waals surface area (Å²) in [5, 5.41) is 1.43. The first-order chi connectivity index (χ1) is 18.7. The third-order valence-electron chi connectivity index (χ3n) is 5.96. The van der Waals surface area contributed by atoms with Crippen LogP contribution in [-0.4, -0.2) is 39.0 Å². The van der Waals surface area contributed by atoms with Crippen LogP contribution >= 0.6 is 11.8 Å². The van der Waals surface area contributed by atoms with Gasteiger partial charge in [-0.05, 0) is 96.7 Å². The molecule has 0 aromatic heterocycles. The summed E-state index contributed by atoms with van der Waals surface area (Å²) >= 11 is 0.973. The highest BCUT2D eigenvalue weighted by Crippen LogP contribution is 2.35. The average Bonchev–Trinajstić information content (AvgIpc) is 3.25. The van der Waals surface area contributed by atoms with Crippen molar-refractivity contribution in [1.82, 2.24) is 5.32 Å². The van der Waals surface area contributed by atoms with E-state index in [1.807, 2.05) is 49.4 Å². The lowest BCUT2D eigenvalue weighted by molar-refractivity contribution is -0.119. The molecule has 0 spiro atoms. The monoisotopic (exact) mass is 569 g/mol. The third kappa shape index (κ3) is 8.00. The highest BCUT2D eigenvalue weighted by Gasteiger charge is 2.33. The quantitative estimate of drug-likeness (QED) is 0.246. The summed E-state index contributed by atoms with van der Waals surface area (Å²) in [7, 11) is -3.28. The van der Waals surface area contributed by atoms with Crippen molar-refractivity contribution in [3.05, 3.63) is 77.9 Å². The maximum Gasteiger partial charge on any atom is 0.286 e. The molecule has 1 saturated heterocycles. The zero-order valence-electron chi connectivity index (χ0n) is 21.8. The number of carbonyl (C=O) groups excluding carboxylic acids is 2. The molecule has 3 aromatic rings. The highest BCUT2D eigenvalue weighted by molar-refractivity contribution is 8.15. The normalized spacial score (nSPS) is 15.2. The van der Waals surface area contributed by atoms with E-state index in [0.29, 0.717) is 36.9 Å². The van der Waals surface area contributed by atoms with Gasteiger partial charge in [-0.2, -0.15) is 0 Å². The number of carbonyl (C=O) groups is 2. The minimum Gasteiger partial charge on any atom is -0.494 e. The lowest BCUT2D eigenvalue weighted by Crippen LogP contribution is -2.20. The van der Waals surface area contributed by atoms with Crippen molar-refractivity contribution in [1.29, 1.82) is 0 Å². The smallest absolute Gasteiger partial charge is 0.286 e. The molecule has 1 aliphatic rings. The van der Waals surface area contributed by atoms with Crippen molar-refractivity contribution in [3.8, 4) is 23.0 Å². The van der Waals surface area contributed by atoms with Gasteiger partial charge in [-0.15, -0.1) is 0 Å². The van der Waals surface area contributed by atoms with Crippen molar-refractivity contribution in [2.75, 3.05) is 19.5 Å². The van der Waals surface area contributed by atoms with E-state index in [4.69, 9.17) is 14.2 Å². The molecule has 1 heterocycles. The average molecular weight is 570 g/mol. The molecule has 1 aliphatic heterocycles. The lowest BCUT2D eigenvalue weighted by Gasteiger charge is -2.13. The van der Waals surface area contributed by atoms with Crippen LogP contribution in [-0.2, 0) is 21.1 Å². The van der Waals surface area contributed by atoms with Gasteiger partial charge in [-0.25, -0.2) is 8.42 Å². The summed E-state index contributed by atoms with van der Waals surface area (Å²) in [5.41, 5.74) is 1.59. The van der Waals surface area contributed by atoms with E-state index in [-0.39, 0.29) is 16.0 Å². The van der Waals surface area contributed by atoms with Crippen LogP contribution in [0.4, 0.5) is 4.79 Å². The Morgan fingerprint density at radius 2 is 1.56 bits per heavy atom. The minimum atomic E-state index is -3.28. The van der Waals surface area contributed by atoms with Crippen LogP contribution in [0.1, 0.15) is 42.6 Å². The number of hydrogen-bond acceptors (Lipinski definition) is 8. The van der Waals surface area contributed by atoms with Crippen LogP contribution in [0, 0.1) is 0 Å². The molecule has 0 aliphatic carbocycles. The van der Waals surface area contributed by atoms with Crippen molar-refractivity contribution in [3.63, 3.8) is 0 Å². The number of nitrogens with one attached hydrogen (secondary N) is 1. The Labute approximate surface area is 233 Å². The summed E-state index contributed by atoms with van der Waals surface area (Å²) in [4.78, 5) is 23.6. The van der Waals surface area contributed by atoms with Gasteiger partial charge in [0.25, 0.3) is 5.24 Å². The second kappa shape index (κ2) is 13.0. The van der Waals surface area contributed by atoms with E-state index < -0.39 is 15.1 Å². The molecule has 0 saturated carbocycles. The summed E-state index contributed by atoms with van der Waals surface area (Å²) in [6.07, 6.45) is 4.36. The maximum atomic E-state index is 11.9. The van der Waals surface area contributed by atoms with Crippen LogP contribution in [0.25, 0.3) is 0 Å². The number of aryl methyl sites for hydroxylation is 1. The molecular formula is C29H31NO7S2. The lowest BCUT2D eigenvalue weighted by atomic mass is 10.1. The Morgan fingerprint density at radius 3 is 2.21 bits per heavy atom. The Kier molecular flexibility index (Phi) is 9.53. The number of ether oxygens (including phenoxy) is 3. The van der Waals surface area contributed by atoms with E-state index in [0.717, 1.165) is 47.9 Å². The van der Waals surface area contributed by atoms with Gasteiger partial charge in [-0.1, -0.05) is 25.5 Å². The Morgan fingerprint density at radius 1 is 0.872 bits per heavy atom. The summed E-state index contributed by atoms with van der Waals surface area (Å²) in [5.74, 6) is 2.36. The summed E-state index contributed by atoms with van der Waals surface area (Å²) in [6, 6.07) is 19.5. The number of imide groups is 1. The second-order valence-electron chi connectivity index (χ2n) is 9.12. The fourth-order valence-corrected chi connectivity index (χ4v) is 5.50. The van der Waals surface area contributed by atoms with E-state index in [1.165, 1.54) is 6.26 Å². The predicted octanol–water partition coefficient (Wildman–Crippen LogP) is 6.10. The van der Waals surface area contributed by atoms with Crippen LogP contribution < -0.4 is 19.5 Å². The first-order valence-electron chi connectivity index (χ1n) is 12.7. The molecule has 3 aromatic carbocycles. The molecule has 1 atom stereocenters. The van der Waals surface area contributed by atoms with E-state index in [2.05, 4.69) is 5.32 Å². The molecular weight excluding hydrogens is 538 g/mol. The molecule has 1 N–H and O–H groups in total. The molecule has 39 heavy (non-hydrogen) atoms.